The van der Waals surface area contributed by atoms with E-state index in [4.69, 9.17) is 4.74 Å². The molecule has 5 aliphatic rings. The molecule has 5 fully saturated rings. The Labute approximate surface area is 214 Å². The number of hydrogen-bond donors (Lipinski definition) is 2. The van der Waals surface area contributed by atoms with Crippen molar-refractivity contribution in [1.29, 1.82) is 0 Å². The Kier molecular flexibility index (Phi) is 5.82. The number of carbonyl (C=O) groups is 1. The number of aliphatic hydroxyl groups is 2. The number of hydrogen-bond acceptors (Lipinski definition) is 4. The van der Waals surface area contributed by atoms with Crippen molar-refractivity contribution in [2.24, 2.45) is 50.7 Å². The molecule has 0 amide bonds. The Morgan fingerprint density at radius 3 is 2.11 bits per heavy atom. The summed E-state index contributed by atoms with van der Waals surface area (Å²) in [6.07, 6.45) is 9.01. The second kappa shape index (κ2) is 7.79. The van der Waals surface area contributed by atoms with Crippen LogP contribution in [-0.2, 0) is 9.53 Å². The topological polar surface area (TPSA) is 66.8 Å². The van der Waals surface area contributed by atoms with E-state index in [1.807, 2.05) is 7.11 Å². The summed E-state index contributed by atoms with van der Waals surface area (Å²) in [5.41, 5.74) is -1.31. The molecule has 5 aliphatic carbocycles. The third kappa shape index (κ3) is 3.37. The van der Waals surface area contributed by atoms with Gasteiger partial charge in [-0.25, -0.2) is 0 Å². The molecule has 0 aromatic heterocycles. The van der Waals surface area contributed by atoms with E-state index < -0.39 is 11.0 Å². The Hall–Kier alpha value is -0.450. The van der Waals surface area contributed by atoms with Gasteiger partial charge in [-0.05, 0) is 104 Å². The average Bonchev–Trinajstić information content (AvgIpc) is 2.82. The highest BCUT2D eigenvalue weighted by atomic mass is 16.5. The fourth-order valence-corrected chi connectivity index (χ4v) is 11.5. The van der Waals surface area contributed by atoms with Crippen LogP contribution in [0.1, 0.15) is 113 Å². The van der Waals surface area contributed by atoms with Crippen molar-refractivity contribution in [1.82, 2.24) is 0 Å². The van der Waals surface area contributed by atoms with Crippen molar-refractivity contribution >= 4 is 5.78 Å². The van der Waals surface area contributed by atoms with Crippen LogP contribution in [0, 0.1) is 50.7 Å². The second-order valence-corrected chi connectivity index (χ2v) is 15.7. The monoisotopic (exact) mass is 488 g/mol. The fourth-order valence-electron chi connectivity index (χ4n) is 11.5. The van der Waals surface area contributed by atoms with Crippen LogP contribution in [0.25, 0.3) is 0 Å². The van der Waals surface area contributed by atoms with Crippen molar-refractivity contribution in [3.8, 4) is 0 Å². The summed E-state index contributed by atoms with van der Waals surface area (Å²) in [5, 5.41) is 23.2. The van der Waals surface area contributed by atoms with Gasteiger partial charge >= 0.3 is 0 Å². The van der Waals surface area contributed by atoms with E-state index in [9.17, 15) is 15.0 Å². The maximum Gasteiger partial charge on any atom is 0.145 e. The van der Waals surface area contributed by atoms with Gasteiger partial charge in [0.15, 0.2) is 0 Å². The number of ether oxygens (including phenoxy) is 1. The van der Waals surface area contributed by atoms with E-state index in [0.29, 0.717) is 36.6 Å². The molecule has 0 saturated heterocycles. The van der Waals surface area contributed by atoms with Crippen LogP contribution in [0.15, 0.2) is 0 Å². The van der Waals surface area contributed by atoms with Crippen LogP contribution >= 0.6 is 0 Å². The number of ketones is 1. The Balaban J connectivity index is 1.54. The summed E-state index contributed by atoms with van der Waals surface area (Å²) in [6.45, 7) is 16.2. The Morgan fingerprint density at radius 2 is 1.46 bits per heavy atom. The van der Waals surface area contributed by atoms with E-state index in [0.717, 1.165) is 44.9 Å². The SMILES string of the molecule is CO[C@H]1CC[C@@]2(C)[C@H](CC[C@@]3(C)C[C@@]4(O)CC[C@@H]5C(C)(C)[C@H](O)CC[C@]5(C)C(=O)[C@@H]4C[C@H]32)C1(C)C. The molecular weight excluding hydrogens is 436 g/mol. The van der Waals surface area contributed by atoms with Crippen LogP contribution in [0.2, 0.25) is 0 Å². The summed E-state index contributed by atoms with van der Waals surface area (Å²) in [4.78, 5) is 14.5. The van der Waals surface area contributed by atoms with E-state index in [1.54, 1.807) is 0 Å². The summed E-state index contributed by atoms with van der Waals surface area (Å²) >= 11 is 0. The lowest BCUT2D eigenvalue weighted by molar-refractivity contribution is -0.220. The van der Waals surface area contributed by atoms with Gasteiger partial charge in [-0.2, -0.15) is 0 Å². The molecule has 5 rings (SSSR count). The first-order chi connectivity index (χ1) is 16.1. The minimum Gasteiger partial charge on any atom is -0.393 e. The highest BCUT2D eigenvalue weighted by Crippen LogP contribution is 2.71. The lowest BCUT2D eigenvalue weighted by Gasteiger charge is -2.67. The number of Topliss-reactive ketones (excluding diaryl/α,β-unsaturated/α-hetero) is 1. The van der Waals surface area contributed by atoms with Crippen LogP contribution in [-0.4, -0.2) is 40.9 Å². The normalized spacial score (nSPS) is 55.1. The zero-order chi connectivity index (χ0) is 25.8. The van der Waals surface area contributed by atoms with Crippen LogP contribution < -0.4 is 0 Å². The van der Waals surface area contributed by atoms with Gasteiger partial charge < -0.3 is 14.9 Å². The standard InChI is InChI=1S/C31H52O4/c1-26(2)20-10-16-31(34)18-28(5)13-9-21-27(3,4)24(35-8)12-15-29(21,6)22(28)17-19(31)25(33)30(20,7)14-11-23(26)32/h19-24,32,34H,9-18H2,1-8H3/t19-,20+,21+,22+,23+,24-,28-,29-,30-,31-/m0/s1. The van der Waals surface area contributed by atoms with E-state index >= 15 is 0 Å². The molecule has 0 spiro atoms. The number of rotatable bonds is 1. The Bertz CT molecular complexity index is 879. The summed E-state index contributed by atoms with van der Waals surface area (Å²) in [5.74, 6) is 1.17. The van der Waals surface area contributed by atoms with Gasteiger partial charge in [0.2, 0.25) is 0 Å². The predicted octanol–water partition coefficient (Wildman–Crippen LogP) is 6.17. The van der Waals surface area contributed by atoms with Crippen molar-refractivity contribution < 1.29 is 19.7 Å². The molecule has 0 aliphatic heterocycles. The maximum atomic E-state index is 14.5. The van der Waals surface area contributed by atoms with Gasteiger partial charge in [0, 0.05) is 18.4 Å². The molecule has 200 valence electrons. The minimum atomic E-state index is -0.911. The zero-order valence-electron chi connectivity index (χ0n) is 23.7. The molecule has 5 saturated carbocycles. The average molecular weight is 489 g/mol. The highest BCUT2D eigenvalue weighted by molar-refractivity contribution is 5.89. The Morgan fingerprint density at radius 1 is 0.800 bits per heavy atom. The lowest BCUT2D eigenvalue weighted by atomic mass is 9.38. The third-order valence-corrected chi connectivity index (χ3v) is 13.4. The number of fused-ring (bicyclic) bond motifs is 5. The molecule has 0 radical (unpaired) electrons. The predicted molar refractivity (Wildman–Crippen MR) is 139 cm³/mol. The van der Waals surface area contributed by atoms with Crippen LogP contribution in [0.5, 0.6) is 0 Å². The number of carbonyl (C=O) groups excluding carboxylic acids is 1. The van der Waals surface area contributed by atoms with Crippen molar-refractivity contribution in [3.63, 3.8) is 0 Å². The zero-order valence-corrected chi connectivity index (χ0v) is 23.7. The first-order valence-electron chi connectivity index (χ1n) is 14.5. The van der Waals surface area contributed by atoms with E-state index in [-0.39, 0.29) is 39.6 Å². The molecule has 0 heterocycles. The first kappa shape index (κ1) is 26.2. The second-order valence-electron chi connectivity index (χ2n) is 15.7. The third-order valence-electron chi connectivity index (χ3n) is 13.4. The molecule has 4 nitrogen and oxygen atoms in total. The molecular formula is C31H52O4. The van der Waals surface area contributed by atoms with Crippen LogP contribution in [0.3, 0.4) is 0 Å². The van der Waals surface area contributed by atoms with Crippen molar-refractivity contribution in [3.05, 3.63) is 0 Å². The van der Waals surface area contributed by atoms with Gasteiger partial charge in [0.25, 0.3) is 0 Å². The number of methoxy groups -OCH3 is 1. The van der Waals surface area contributed by atoms with Gasteiger partial charge in [-0.3, -0.25) is 4.79 Å². The van der Waals surface area contributed by atoms with E-state index in [1.165, 1.54) is 6.42 Å². The quantitative estimate of drug-likeness (QED) is 0.463. The minimum absolute atomic E-state index is 0.0677. The maximum absolute atomic E-state index is 14.5. The summed E-state index contributed by atoms with van der Waals surface area (Å²) in [7, 11) is 1.87. The molecule has 0 aromatic rings. The molecule has 0 bridgehead atoms. The molecule has 2 N–H and O–H groups in total. The largest absolute Gasteiger partial charge is 0.393 e. The first-order valence-corrected chi connectivity index (χ1v) is 14.5. The highest BCUT2D eigenvalue weighted by Gasteiger charge is 2.68. The summed E-state index contributed by atoms with van der Waals surface area (Å²) in [6, 6.07) is 0. The van der Waals surface area contributed by atoms with E-state index in [2.05, 4.69) is 48.5 Å². The smallest absolute Gasteiger partial charge is 0.145 e. The number of aliphatic hydroxyl groups excluding tert-OH is 1. The van der Waals surface area contributed by atoms with Gasteiger partial charge in [-0.15, -0.1) is 0 Å². The molecule has 35 heavy (non-hydrogen) atoms. The van der Waals surface area contributed by atoms with Gasteiger partial charge in [-0.1, -0.05) is 48.5 Å². The molecule has 0 aromatic carbocycles. The molecule has 10 atom stereocenters. The fraction of sp³-hybridized carbons (Fsp3) is 0.968. The molecule has 4 heteroatoms. The van der Waals surface area contributed by atoms with Crippen LogP contribution in [0.4, 0.5) is 0 Å². The summed E-state index contributed by atoms with van der Waals surface area (Å²) < 4.78 is 5.98. The lowest BCUT2D eigenvalue weighted by Crippen LogP contribution is -2.64. The van der Waals surface area contributed by atoms with Crippen molar-refractivity contribution in [2.75, 3.05) is 7.11 Å². The van der Waals surface area contributed by atoms with Gasteiger partial charge in [0.05, 0.1) is 17.8 Å². The van der Waals surface area contributed by atoms with Gasteiger partial charge in [0.1, 0.15) is 5.78 Å². The van der Waals surface area contributed by atoms with Crippen molar-refractivity contribution in [2.45, 2.75) is 130 Å². The molecule has 0 unspecified atom stereocenters.